The predicted octanol–water partition coefficient (Wildman–Crippen LogP) is 3.53. The Bertz CT molecular complexity index is 951. The van der Waals surface area contributed by atoms with Gasteiger partial charge in [-0.15, -0.1) is 0 Å². The maximum Gasteiger partial charge on any atom is 0.293 e. The highest BCUT2D eigenvalue weighted by Crippen LogP contribution is 2.39. The molecule has 0 saturated heterocycles. The van der Waals surface area contributed by atoms with Gasteiger partial charge in [-0.05, 0) is 42.0 Å². The molecular weight excluding hydrogens is 366 g/mol. The van der Waals surface area contributed by atoms with Gasteiger partial charge >= 0.3 is 0 Å². The van der Waals surface area contributed by atoms with Gasteiger partial charge < -0.3 is 4.90 Å². The molecule has 1 saturated carbocycles. The molecule has 0 spiro atoms. The lowest BCUT2D eigenvalue weighted by Gasteiger charge is -2.25. The van der Waals surface area contributed by atoms with Crippen LogP contribution in [-0.4, -0.2) is 19.4 Å². The third kappa shape index (κ3) is 4.45. The summed E-state index contributed by atoms with van der Waals surface area (Å²) in [7, 11) is -4.00. The summed E-state index contributed by atoms with van der Waals surface area (Å²) >= 11 is 0. The standard InChI is InChI=1S/C19H23N3O4S/c1-13(2)15-5-3-14(4-6-15)12-21(16-7-8-16)18-10-9-17(27(20,25)26)11-19(18)22(23)24/h3-6,9-11,13,16H,7-8,12H2,1-2H3,(H2,20,25,26). The molecule has 7 nitrogen and oxygen atoms in total. The summed E-state index contributed by atoms with van der Waals surface area (Å²) in [6.45, 7) is 4.78. The van der Waals surface area contributed by atoms with Crippen molar-refractivity contribution in [3.63, 3.8) is 0 Å². The maximum absolute atomic E-state index is 11.6. The Balaban J connectivity index is 1.96. The van der Waals surface area contributed by atoms with Gasteiger partial charge in [-0.1, -0.05) is 38.1 Å². The van der Waals surface area contributed by atoms with Crippen molar-refractivity contribution in [2.24, 2.45) is 5.14 Å². The average molecular weight is 389 g/mol. The van der Waals surface area contributed by atoms with Crippen LogP contribution in [-0.2, 0) is 16.6 Å². The quantitative estimate of drug-likeness (QED) is 0.576. The van der Waals surface area contributed by atoms with Crippen LogP contribution in [0.3, 0.4) is 0 Å². The molecule has 0 aliphatic heterocycles. The Kier molecular flexibility index (Phi) is 5.21. The van der Waals surface area contributed by atoms with E-state index in [1.165, 1.54) is 17.7 Å². The molecule has 27 heavy (non-hydrogen) atoms. The van der Waals surface area contributed by atoms with Crippen LogP contribution in [0.5, 0.6) is 0 Å². The number of anilines is 1. The maximum atomic E-state index is 11.6. The molecule has 2 aromatic carbocycles. The van der Waals surface area contributed by atoms with E-state index in [4.69, 9.17) is 5.14 Å². The van der Waals surface area contributed by atoms with Crippen molar-refractivity contribution in [1.29, 1.82) is 0 Å². The first kappa shape index (κ1) is 19.3. The number of nitro groups is 1. The zero-order valence-electron chi connectivity index (χ0n) is 15.3. The van der Waals surface area contributed by atoms with E-state index in [2.05, 4.69) is 26.0 Å². The van der Waals surface area contributed by atoms with E-state index in [1.54, 1.807) is 0 Å². The number of benzene rings is 2. The number of nitrogens with zero attached hydrogens (tertiary/aromatic N) is 2. The van der Waals surface area contributed by atoms with Gasteiger partial charge in [0.05, 0.1) is 9.82 Å². The fourth-order valence-corrected chi connectivity index (χ4v) is 3.60. The molecule has 3 rings (SSSR count). The molecule has 1 aliphatic carbocycles. The van der Waals surface area contributed by atoms with Gasteiger partial charge in [-0.25, -0.2) is 13.6 Å². The Morgan fingerprint density at radius 1 is 1.19 bits per heavy atom. The van der Waals surface area contributed by atoms with Crippen LogP contribution in [0.4, 0.5) is 11.4 Å². The molecule has 0 bridgehead atoms. The number of sulfonamides is 1. The average Bonchev–Trinajstić information content (AvgIpc) is 3.43. The van der Waals surface area contributed by atoms with Gasteiger partial charge in [0.15, 0.2) is 0 Å². The zero-order valence-corrected chi connectivity index (χ0v) is 16.1. The minimum Gasteiger partial charge on any atom is -0.359 e. The van der Waals surface area contributed by atoms with Crippen LogP contribution in [0, 0.1) is 10.1 Å². The summed E-state index contributed by atoms with van der Waals surface area (Å²) in [6.07, 6.45) is 1.91. The van der Waals surface area contributed by atoms with E-state index in [0.29, 0.717) is 18.2 Å². The molecule has 1 aliphatic rings. The van der Waals surface area contributed by atoms with Gasteiger partial charge in [-0.2, -0.15) is 0 Å². The molecular formula is C19H23N3O4S. The lowest BCUT2D eigenvalue weighted by molar-refractivity contribution is -0.384. The minimum atomic E-state index is -4.00. The number of nitrogens with two attached hydrogens (primary N) is 1. The van der Waals surface area contributed by atoms with Crippen LogP contribution in [0.2, 0.25) is 0 Å². The molecule has 144 valence electrons. The van der Waals surface area contributed by atoms with Crippen molar-refractivity contribution < 1.29 is 13.3 Å². The Morgan fingerprint density at radius 3 is 2.30 bits per heavy atom. The highest BCUT2D eigenvalue weighted by atomic mass is 32.2. The van der Waals surface area contributed by atoms with Crippen molar-refractivity contribution in [2.45, 2.75) is 50.1 Å². The SMILES string of the molecule is CC(C)c1ccc(CN(c2ccc(S(N)(=O)=O)cc2[N+](=O)[O-])C2CC2)cc1. The molecule has 2 aromatic rings. The monoisotopic (exact) mass is 389 g/mol. The molecule has 0 heterocycles. The van der Waals surface area contributed by atoms with Crippen LogP contribution >= 0.6 is 0 Å². The summed E-state index contributed by atoms with van der Waals surface area (Å²) in [4.78, 5) is 12.7. The van der Waals surface area contributed by atoms with Gasteiger partial charge in [0.25, 0.3) is 5.69 Å². The topological polar surface area (TPSA) is 107 Å². The third-order valence-corrected chi connectivity index (χ3v) is 5.68. The smallest absolute Gasteiger partial charge is 0.293 e. The van der Waals surface area contributed by atoms with E-state index in [-0.39, 0.29) is 16.6 Å². The summed E-state index contributed by atoms with van der Waals surface area (Å²) in [6, 6.07) is 12.3. The summed E-state index contributed by atoms with van der Waals surface area (Å²) in [5, 5.41) is 16.7. The summed E-state index contributed by atoms with van der Waals surface area (Å²) < 4.78 is 23.1. The lowest BCUT2D eigenvalue weighted by Crippen LogP contribution is -2.26. The zero-order chi connectivity index (χ0) is 19.8. The van der Waals surface area contributed by atoms with Crippen LogP contribution < -0.4 is 10.0 Å². The number of hydrogen-bond acceptors (Lipinski definition) is 5. The second-order valence-electron chi connectivity index (χ2n) is 7.21. The molecule has 0 atom stereocenters. The van der Waals surface area contributed by atoms with Gasteiger partial charge in [0.2, 0.25) is 10.0 Å². The number of primary sulfonamides is 1. The van der Waals surface area contributed by atoms with Gasteiger partial charge in [0.1, 0.15) is 5.69 Å². The first-order chi connectivity index (χ1) is 12.7. The van der Waals surface area contributed by atoms with E-state index < -0.39 is 14.9 Å². The van der Waals surface area contributed by atoms with E-state index in [0.717, 1.165) is 24.5 Å². The largest absolute Gasteiger partial charge is 0.359 e. The number of nitro benzene ring substituents is 1. The molecule has 0 radical (unpaired) electrons. The lowest BCUT2D eigenvalue weighted by atomic mass is 10.0. The van der Waals surface area contributed by atoms with Gasteiger partial charge in [-0.3, -0.25) is 10.1 Å². The summed E-state index contributed by atoms with van der Waals surface area (Å²) in [5.74, 6) is 0.436. The van der Waals surface area contributed by atoms with E-state index >= 15 is 0 Å². The van der Waals surface area contributed by atoms with Crippen LogP contribution in [0.1, 0.15) is 43.7 Å². The third-order valence-electron chi connectivity index (χ3n) is 4.77. The first-order valence-electron chi connectivity index (χ1n) is 8.83. The Morgan fingerprint density at radius 2 is 1.81 bits per heavy atom. The Labute approximate surface area is 159 Å². The second kappa shape index (κ2) is 7.28. The van der Waals surface area contributed by atoms with E-state index in [9.17, 15) is 18.5 Å². The first-order valence-corrected chi connectivity index (χ1v) is 10.4. The molecule has 0 unspecified atom stereocenters. The van der Waals surface area contributed by atoms with Crippen molar-refractivity contribution >= 4 is 21.4 Å². The minimum absolute atomic E-state index is 0.216. The second-order valence-corrected chi connectivity index (χ2v) is 8.77. The highest BCUT2D eigenvalue weighted by molar-refractivity contribution is 7.89. The molecule has 0 amide bonds. The molecule has 8 heteroatoms. The highest BCUT2D eigenvalue weighted by Gasteiger charge is 2.33. The number of rotatable bonds is 7. The fraction of sp³-hybridized carbons (Fsp3) is 0.368. The van der Waals surface area contributed by atoms with Gasteiger partial charge in [0, 0.05) is 18.7 Å². The predicted molar refractivity (Wildman–Crippen MR) is 104 cm³/mol. The van der Waals surface area contributed by atoms with E-state index in [1.807, 2.05) is 17.0 Å². The van der Waals surface area contributed by atoms with Crippen molar-refractivity contribution in [3.8, 4) is 0 Å². The van der Waals surface area contributed by atoms with Crippen molar-refractivity contribution in [3.05, 3.63) is 63.7 Å². The molecule has 0 aromatic heterocycles. The number of hydrogen-bond donors (Lipinski definition) is 1. The van der Waals surface area contributed by atoms with Crippen LogP contribution in [0.15, 0.2) is 47.4 Å². The summed E-state index contributed by atoms with van der Waals surface area (Å²) in [5.41, 5.74) is 2.46. The van der Waals surface area contributed by atoms with Crippen molar-refractivity contribution in [2.75, 3.05) is 4.90 Å². The molecule has 1 fully saturated rings. The molecule has 2 N–H and O–H groups in total. The normalized spacial score (nSPS) is 14.4. The Hall–Kier alpha value is -2.45. The van der Waals surface area contributed by atoms with Crippen LogP contribution in [0.25, 0.3) is 0 Å². The fourth-order valence-electron chi connectivity index (χ4n) is 3.07. The van der Waals surface area contributed by atoms with Crippen molar-refractivity contribution in [1.82, 2.24) is 0 Å².